The van der Waals surface area contributed by atoms with Gasteiger partial charge in [-0.25, -0.2) is 0 Å². The van der Waals surface area contributed by atoms with E-state index in [2.05, 4.69) is 59.2 Å². The molecule has 0 unspecified atom stereocenters. The molecule has 36 heavy (non-hydrogen) atoms. The third-order valence-corrected chi connectivity index (χ3v) is 10.8. The monoisotopic (exact) mass is 578 g/mol. The lowest BCUT2D eigenvalue weighted by molar-refractivity contribution is 1.43. The van der Waals surface area contributed by atoms with E-state index in [4.69, 9.17) is 0 Å². The third-order valence-electron chi connectivity index (χ3n) is 6.27. The zero-order valence-corrected chi connectivity index (χ0v) is 23.2. The summed E-state index contributed by atoms with van der Waals surface area (Å²) in [5, 5.41) is 0. The fourth-order valence-corrected chi connectivity index (χ4v) is 9.14. The number of fused-ring (bicyclic) bond motifs is 4. The van der Waals surface area contributed by atoms with Crippen molar-refractivity contribution in [1.29, 1.82) is 0 Å². The number of thiophene rings is 2. The Morgan fingerprint density at radius 2 is 0.861 bits per heavy atom. The molecular weight excluding hydrogens is 569 g/mol. The number of nitrogens with zero attached hydrogens (tertiary/aromatic N) is 8. The summed E-state index contributed by atoms with van der Waals surface area (Å²) in [6.07, 6.45) is 0. The molecule has 4 aromatic heterocycles. The maximum Gasteiger partial charge on any atom is 0.116 e. The highest BCUT2D eigenvalue weighted by Crippen LogP contribution is 2.53. The largest absolute Gasteiger partial charge is 0.173 e. The number of aryl methyl sites for hydroxylation is 2. The molecule has 0 aliphatic carbocycles. The summed E-state index contributed by atoms with van der Waals surface area (Å²) >= 11 is 8.40. The van der Waals surface area contributed by atoms with E-state index in [0.29, 0.717) is 0 Å². The van der Waals surface area contributed by atoms with Crippen molar-refractivity contribution in [3.8, 4) is 30.6 Å². The molecule has 0 saturated carbocycles. The van der Waals surface area contributed by atoms with Crippen molar-refractivity contribution in [2.75, 3.05) is 0 Å². The zero-order valence-electron chi connectivity index (χ0n) is 18.3. The normalized spacial score (nSPS) is 13.5. The van der Waals surface area contributed by atoms with Crippen LogP contribution in [0.15, 0.2) is 41.7 Å². The van der Waals surface area contributed by atoms with Gasteiger partial charge in [0.1, 0.15) is 44.8 Å². The van der Waals surface area contributed by atoms with Crippen molar-refractivity contribution in [2.45, 2.75) is 13.8 Å². The van der Waals surface area contributed by atoms with E-state index in [9.17, 15) is 0 Å². The molecule has 6 heterocycles. The molecule has 0 spiro atoms. The lowest BCUT2D eigenvalue weighted by Crippen LogP contribution is -1.84. The lowest BCUT2D eigenvalue weighted by Gasteiger charge is -2.07. The van der Waals surface area contributed by atoms with Crippen LogP contribution in [0.4, 0.5) is 22.7 Å². The van der Waals surface area contributed by atoms with Gasteiger partial charge in [-0.1, -0.05) is 0 Å². The Kier molecular flexibility index (Phi) is 4.60. The van der Waals surface area contributed by atoms with Gasteiger partial charge in [0.2, 0.25) is 0 Å². The summed E-state index contributed by atoms with van der Waals surface area (Å²) in [7, 11) is 0. The first-order valence-electron chi connectivity index (χ1n) is 10.6. The standard InChI is InChI=1S/C22H10N8S6/c1-7-15-19(27-33-23-15)13(20-16(7)24-34-28-20)11-5-3-9(31-11)10-4-6-12(32-10)14-21-17(25-35-29-21)8(2)18-22(14)30-36-26-18/h3-6H,1-2H3. The van der Waals surface area contributed by atoms with Crippen LogP contribution in [0.25, 0.3) is 52.7 Å². The summed E-state index contributed by atoms with van der Waals surface area (Å²) in [4.78, 5) is 4.59. The molecule has 0 N–H and O–H groups in total. The molecule has 0 bridgehead atoms. The highest BCUT2D eigenvalue weighted by atomic mass is 32.1. The average molecular weight is 579 g/mol. The molecule has 6 aromatic rings. The van der Waals surface area contributed by atoms with Gasteiger partial charge in [-0.15, -0.1) is 22.7 Å². The first-order chi connectivity index (χ1) is 17.7. The highest BCUT2D eigenvalue weighted by molar-refractivity contribution is 7.58. The number of aromatic nitrogens is 4. The fourth-order valence-electron chi connectivity index (χ4n) is 4.52. The first kappa shape index (κ1) is 21.2. The van der Waals surface area contributed by atoms with Crippen LogP contribution in [0, 0.1) is 13.8 Å². The van der Waals surface area contributed by atoms with Crippen molar-refractivity contribution in [1.82, 2.24) is 17.5 Å². The molecule has 2 aliphatic heterocycles. The van der Waals surface area contributed by atoms with E-state index in [1.54, 1.807) is 22.7 Å². The van der Waals surface area contributed by atoms with Crippen molar-refractivity contribution in [3.63, 3.8) is 0 Å². The minimum atomic E-state index is 0.898. The van der Waals surface area contributed by atoms with Crippen molar-refractivity contribution in [2.24, 2.45) is 17.5 Å². The predicted molar refractivity (Wildman–Crippen MR) is 153 cm³/mol. The Balaban J connectivity index is 1.26. The topological polar surface area (TPSA) is 101 Å². The average Bonchev–Trinajstić information content (AvgIpc) is 3.69. The summed E-state index contributed by atoms with van der Waals surface area (Å²) < 4.78 is 36.6. The molecule has 2 aliphatic rings. The Bertz CT molecular complexity index is 1910. The first-order valence-corrected chi connectivity index (χ1v) is 15.2. The van der Waals surface area contributed by atoms with E-state index in [-0.39, 0.29) is 0 Å². The minimum Gasteiger partial charge on any atom is -0.173 e. The number of rotatable bonds is 3. The molecule has 2 aromatic carbocycles. The van der Waals surface area contributed by atoms with E-state index in [1.807, 2.05) is 13.8 Å². The molecule has 0 fully saturated rings. The van der Waals surface area contributed by atoms with E-state index in [1.165, 1.54) is 55.9 Å². The molecule has 8 rings (SSSR count). The Hall–Kier alpha value is -2.88. The van der Waals surface area contributed by atoms with Crippen LogP contribution >= 0.6 is 46.1 Å². The molecular formula is C22H10N8S6. The molecule has 8 nitrogen and oxygen atoms in total. The minimum absolute atomic E-state index is 0.898. The van der Waals surface area contributed by atoms with Gasteiger partial charge in [-0.05, 0) is 38.1 Å². The summed E-state index contributed by atoms with van der Waals surface area (Å²) in [6.45, 7) is 4.08. The van der Waals surface area contributed by atoms with Gasteiger partial charge < -0.3 is 0 Å². The van der Waals surface area contributed by atoms with Gasteiger partial charge in [-0.2, -0.15) is 34.9 Å². The SMILES string of the molecule is Cc1c2c(c(-c3ccc(-c4ccc(-c5c6c(c(C)c7nsnc57)N=S=N6)s4)s3)c3nsnc13)N=S=N2. The van der Waals surface area contributed by atoms with Crippen LogP contribution in [-0.2, 0) is 22.7 Å². The van der Waals surface area contributed by atoms with Crippen molar-refractivity contribution < 1.29 is 0 Å². The quantitative estimate of drug-likeness (QED) is 0.209. The van der Waals surface area contributed by atoms with Gasteiger partial charge in [0, 0.05) is 41.8 Å². The van der Waals surface area contributed by atoms with Crippen LogP contribution in [0.5, 0.6) is 0 Å². The van der Waals surface area contributed by atoms with Gasteiger partial charge >= 0.3 is 0 Å². The number of benzene rings is 2. The fraction of sp³-hybridized carbons (Fsp3) is 0.0909. The summed E-state index contributed by atoms with van der Waals surface area (Å²) in [5.41, 5.74) is 11.3. The molecule has 0 atom stereocenters. The second-order valence-electron chi connectivity index (χ2n) is 8.17. The lowest BCUT2D eigenvalue weighted by atomic mass is 10.0. The molecule has 174 valence electrons. The van der Waals surface area contributed by atoms with Gasteiger partial charge in [0.05, 0.1) is 46.2 Å². The molecule has 14 heteroatoms. The van der Waals surface area contributed by atoms with Crippen LogP contribution in [0.2, 0.25) is 0 Å². The second kappa shape index (κ2) is 7.81. The maximum atomic E-state index is 4.62. The van der Waals surface area contributed by atoms with Crippen LogP contribution in [0.1, 0.15) is 11.1 Å². The van der Waals surface area contributed by atoms with Crippen LogP contribution in [-0.4, -0.2) is 17.5 Å². The molecule has 0 radical (unpaired) electrons. The van der Waals surface area contributed by atoms with Gasteiger partial charge in [0.25, 0.3) is 0 Å². The summed E-state index contributed by atoms with van der Waals surface area (Å²) in [5.74, 6) is 0. The van der Waals surface area contributed by atoms with E-state index < -0.39 is 0 Å². The smallest absolute Gasteiger partial charge is 0.116 e. The highest BCUT2D eigenvalue weighted by Gasteiger charge is 2.26. The maximum absolute atomic E-state index is 4.62. The van der Waals surface area contributed by atoms with Crippen LogP contribution < -0.4 is 0 Å². The van der Waals surface area contributed by atoms with Gasteiger partial charge in [-0.3, -0.25) is 0 Å². The zero-order chi connectivity index (χ0) is 24.0. The van der Waals surface area contributed by atoms with E-state index >= 15 is 0 Å². The Morgan fingerprint density at radius 3 is 1.33 bits per heavy atom. The van der Waals surface area contributed by atoms with E-state index in [0.717, 1.165) is 76.8 Å². The van der Waals surface area contributed by atoms with Crippen molar-refractivity contribution in [3.05, 3.63) is 35.4 Å². The third kappa shape index (κ3) is 2.87. The van der Waals surface area contributed by atoms with Gasteiger partial charge in [0.15, 0.2) is 0 Å². The second-order valence-corrected chi connectivity index (χ2v) is 12.5. The molecule has 0 saturated heterocycles. The Morgan fingerprint density at radius 1 is 0.472 bits per heavy atom. The Labute approximate surface area is 227 Å². The molecule has 0 amide bonds. The predicted octanol–water partition coefficient (Wildman–Crippen LogP) is 8.89. The number of hydrogen-bond acceptors (Lipinski definition) is 12. The van der Waals surface area contributed by atoms with Crippen molar-refractivity contribution >= 4 is 114 Å². The summed E-state index contributed by atoms with van der Waals surface area (Å²) in [6, 6.07) is 8.64. The number of hydrogen-bond donors (Lipinski definition) is 0. The van der Waals surface area contributed by atoms with Crippen LogP contribution in [0.3, 0.4) is 0 Å².